The van der Waals surface area contributed by atoms with E-state index in [0.29, 0.717) is 5.92 Å². The summed E-state index contributed by atoms with van der Waals surface area (Å²) >= 11 is 7.37. The van der Waals surface area contributed by atoms with Gasteiger partial charge in [0.2, 0.25) is 0 Å². The molecule has 0 radical (unpaired) electrons. The average Bonchev–Trinajstić information content (AvgIpc) is 2.46. The van der Waals surface area contributed by atoms with Crippen LogP contribution in [0.3, 0.4) is 0 Å². The van der Waals surface area contributed by atoms with Crippen LogP contribution in [0.2, 0.25) is 0 Å². The van der Waals surface area contributed by atoms with E-state index in [0.717, 1.165) is 41.2 Å². The van der Waals surface area contributed by atoms with Gasteiger partial charge in [-0.15, -0.1) is 11.6 Å². The number of thioether (sulfide) groups is 1. The van der Waals surface area contributed by atoms with Gasteiger partial charge in [-0.25, -0.2) is 4.98 Å². The zero-order valence-electron chi connectivity index (χ0n) is 9.55. The number of hydrogen-bond donors (Lipinski definition) is 0. The smallest absolute Gasteiger partial charge is 0.256 e. The normalized spacial score (nSPS) is 13.1. The third-order valence-corrected chi connectivity index (χ3v) is 3.53. The van der Waals surface area contributed by atoms with Gasteiger partial charge in [0, 0.05) is 11.6 Å². The van der Waals surface area contributed by atoms with Crippen molar-refractivity contribution < 1.29 is 4.42 Å². The van der Waals surface area contributed by atoms with Gasteiger partial charge >= 0.3 is 0 Å². The Labute approximate surface area is 101 Å². The molecule has 15 heavy (non-hydrogen) atoms. The van der Waals surface area contributed by atoms with E-state index in [9.17, 15) is 0 Å². The fourth-order valence-electron chi connectivity index (χ4n) is 1.18. The molecule has 2 nitrogen and oxygen atoms in total. The molecule has 0 amide bonds. The molecule has 0 bridgehead atoms. The summed E-state index contributed by atoms with van der Waals surface area (Å²) in [6.07, 6.45) is 2.25. The molecule has 1 aromatic heterocycles. The molecule has 0 aliphatic heterocycles. The first-order valence-corrected chi connectivity index (χ1v) is 6.78. The Balaban J connectivity index is 2.25. The van der Waals surface area contributed by atoms with E-state index in [-0.39, 0.29) is 0 Å². The summed E-state index contributed by atoms with van der Waals surface area (Å²) in [7, 11) is 0. The molecular weight excluding hydrogens is 230 g/mol. The largest absolute Gasteiger partial charge is 0.437 e. The number of oxazole rings is 1. The highest BCUT2D eigenvalue weighted by atomic mass is 35.5. The SMILES string of the molecule is Cc1nc(SCCC(C)CCCl)oc1C. The summed E-state index contributed by atoms with van der Waals surface area (Å²) in [5.74, 6) is 3.42. The zero-order chi connectivity index (χ0) is 11.3. The van der Waals surface area contributed by atoms with Crippen LogP contribution in [-0.2, 0) is 0 Å². The maximum atomic E-state index is 5.68. The lowest BCUT2D eigenvalue weighted by Crippen LogP contribution is -1.97. The van der Waals surface area contributed by atoms with Gasteiger partial charge < -0.3 is 4.42 Å². The lowest BCUT2D eigenvalue weighted by atomic mass is 10.1. The predicted molar refractivity (Wildman–Crippen MR) is 65.8 cm³/mol. The van der Waals surface area contributed by atoms with E-state index in [1.54, 1.807) is 11.8 Å². The van der Waals surface area contributed by atoms with Crippen molar-refractivity contribution in [1.82, 2.24) is 4.98 Å². The number of halogens is 1. The van der Waals surface area contributed by atoms with E-state index in [2.05, 4.69) is 11.9 Å². The minimum absolute atomic E-state index is 0.687. The van der Waals surface area contributed by atoms with Gasteiger partial charge in [-0.05, 0) is 32.6 Å². The maximum Gasteiger partial charge on any atom is 0.256 e. The maximum absolute atomic E-state index is 5.68. The van der Waals surface area contributed by atoms with Crippen LogP contribution in [-0.4, -0.2) is 16.6 Å². The average molecular weight is 248 g/mol. The lowest BCUT2D eigenvalue weighted by Gasteiger charge is -2.06. The first-order chi connectivity index (χ1) is 7.13. The molecule has 0 aromatic carbocycles. The topological polar surface area (TPSA) is 26.0 Å². The second-order valence-electron chi connectivity index (χ2n) is 3.84. The van der Waals surface area contributed by atoms with Crippen molar-refractivity contribution in [2.24, 2.45) is 5.92 Å². The highest BCUT2D eigenvalue weighted by molar-refractivity contribution is 7.99. The van der Waals surface area contributed by atoms with Crippen LogP contribution in [0.5, 0.6) is 0 Å². The van der Waals surface area contributed by atoms with Crippen molar-refractivity contribution >= 4 is 23.4 Å². The van der Waals surface area contributed by atoms with E-state index in [1.807, 2.05) is 13.8 Å². The Hall–Kier alpha value is -0.150. The summed E-state index contributed by atoms with van der Waals surface area (Å²) in [6.45, 7) is 6.15. The minimum Gasteiger partial charge on any atom is -0.437 e. The molecule has 1 atom stereocenters. The first-order valence-electron chi connectivity index (χ1n) is 5.26. The molecule has 86 valence electrons. The number of hydrogen-bond acceptors (Lipinski definition) is 3. The summed E-state index contributed by atoms with van der Waals surface area (Å²) in [5, 5.41) is 0.795. The number of aromatic nitrogens is 1. The molecule has 0 fully saturated rings. The van der Waals surface area contributed by atoms with E-state index in [4.69, 9.17) is 16.0 Å². The Morgan fingerprint density at radius 3 is 2.67 bits per heavy atom. The number of aryl methyl sites for hydroxylation is 2. The molecule has 0 N–H and O–H groups in total. The molecule has 0 spiro atoms. The van der Waals surface area contributed by atoms with E-state index >= 15 is 0 Å². The van der Waals surface area contributed by atoms with Crippen molar-refractivity contribution in [3.8, 4) is 0 Å². The van der Waals surface area contributed by atoms with E-state index < -0.39 is 0 Å². The Bertz CT molecular complexity index is 281. The quantitative estimate of drug-likeness (QED) is 0.561. The Kier molecular flexibility index (Phi) is 5.54. The van der Waals surface area contributed by atoms with Gasteiger partial charge in [-0.2, -0.15) is 0 Å². The van der Waals surface area contributed by atoms with Gasteiger partial charge in [0.15, 0.2) is 0 Å². The fourth-order valence-corrected chi connectivity index (χ4v) is 2.64. The van der Waals surface area contributed by atoms with Crippen molar-refractivity contribution in [3.05, 3.63) is 11.5 Å². The highest BCUT2D eigenvalue weighted by Gasteiger charge is 2.07. The van der Waals surface area contributed by atoms with Gasteiger partial charge in [-0.3, -0.25) is 0 Å². The number of alkyl halides is 1. The molecule has 4 heteroatoms. The number of rotatable bonds is 6. The molecule has 1 aromatic rings. The fraction of sp³-hybridized carbons (Fsp3) is 0.727. The van der Waals surface area contributed by atoms with Gasteiger partial charge in [0.25, 0.3) is 5.22 Å². The second-order valence-corrected chi connectivity index (χ2v) is 5.27. The van der Waals surface area contributed by atoms with Crippen LogP contribution in [0.4, 0.5) is 0 Å². The van der Waals surface area contributed by atoms with Crippen LogP contribution in [0.1, 0.15) is 31.2 Å². The molecule has 0 saturated heterocycles. The Morgan fingerprint density at radius 1 is 1.40 bits per heavy atom. The van der Waals surface area contributed by atoms with E-state index in [1.165, 1.54) is 0 Å². The van der Waals surface area contributed by atoms with Crippen LogP contribution >= 0.6 is 23.4 Å². The third kappa shape index (κ3) is 4.47. The Morgan fingerprint density at radius 2 is 2.13 bits per heavy atom. The van der Waals surface area contributed by atoms with Crippen molar-refractivity contribution in [2.75, 3.05) is 11.6 Å². The van der Waals surface area contributed by atoms with Crippen LogP contribution in [0, 0.1) is 19.8 Å². The molecule has 1 heterocycles. The number of nitrogens with zero attached hydrogens (tertiary/aromatic N) is 1. The van der Waals surface area contributed by atoms with Gasteiger partial charge in [0.1, 0.15) is 5.76 Å². The van der Waals surface area contributed by atoms with Crippen LogP contribution in [0.25, 0.3) is 0 Å². The summed E-state index contributed by atoms with van der Waals surface area (Å²) in [5.41, 5.74) is 0.992. The van der Waals surface area contributed by atoms with Crippen molar-refractivity contribution in [2.45, 2.75) is 38.8 Å². The molecule has 1 rings (SSSR count). The van der Waals surface area contributed by atoms with Crippen molar-refractivity contribution in [3.63, 3.8) is 0 Å². The molecule has 0 aliphatic carbocycles. The molecule has 0 aliphatic rings. The minimum atomic E-state index is 0.687. The molecular formula is C11H18ClNOS. The summed E-state index contributed by atoms with van der Waals surface area (Å²) in [4.78, 5) is 4.32. The first kappa shape index (κ1) is 12.9. The monoisotopic (exact) mass is 247 g/mol. The highest BCUT2D eigenvalue weighted by Crippen LogP contribution is 2.22. The van der Waals surface area contributed by atoms with Gasteiger partial charge in [0.05, 0.1) is 5.69 Å². The summed E-state index contributed by atoms with van der Waals surface area (Å²) < 4.78 is 5.48. The van der Waals surface area contributed by atoms with Crippen LogP contribution < -0.4 is 0 Å². The molecule has 1 unspecified atom stereocenters. The van der Waals surface area contributed by atoms with Crippen LogP contribution in [0.15, 0.2) is 9.64 Å². The standard InChI is InChI=1S/C11H18ClNOS/c1-8(4-6-12)5-7-15-11-13-9(2)10(3)14-11/h8H,4-7H2,1-3H3. The predicted octanol–water partition coefficient (Wildman–Crippen LogP) is 4.04. The second kappa shape index (κ2) is 6.44. The summed E-state index contributed by atoms with van der Waals surface area (Å²) in [6, 6.07) is 0. The van der Waals surface area contributed by atoms with Gasteiger partial charge in [-0.1, -0.05) is 18.7 Å². The zero-order valence-corrected chi connectivity index (χ0v) is 11.1. The van der Waals surface area contributed by atoms with Crippen molar-refractivity contribution in [1.29, 1.82) is 0 Å². The third-order valence-electron chi connectivity index (χ3n) is 2.45. The lowest BCUT2D eigenvalue weighted by molar-refractivity contribution is 0.430. The molecule has 0 saturated carbocycles.